The summed E-state index contributed by atoms with van der Waals surface area (Å²) < 4.78 is 6.71. The number of nitrogens with zero attached hydrogens (tertiary/aromatic N) is 1. The highest BCUT2D eigenvalue weighted by Crippen LogP contribution is 2.48. The van der Waals surface area contributed by atoms with Gasteiger partial charge in [-0.2, -0.15) is 0 Å². The Labute approximate surface area is 163 Å². The molecule has 3 rings (SSSR count). The fourth-order valence-corrected chi connectivity index (χ4v) is 3.37. The number of nitrogens with one attached hydrogen (secondary N) is 1. The molecule has 1 saturated carbocycles. The molecule has 1 aliphatic rings. The van der Waals surface area contributed by atoms with Gasteiger partial charge in [-0.1, -0.05) is 32.9 Å². The summed E-state index contributed by atoms with van der Waals surface area (Å²) in [6, 6.07) is 10.1. The summed E-state index contributed by atoms with van der Waals surface area (Å²) in [5.41, 5.74) is 1.88. The summed E-state index contributed by atoms with van der Waals surface area (Å²) in [6.07, 6.45) is 5.25. The number of rotatable bonds is 6. The maximum atomic E-state index is 12.6. The molecule has 1 aromatic heterocycles. The minimum absolute atomic E-state index is 0.0597. The normalized spacial score (nSPS) is 15.4. The molecule has 5 heteroatoms. The topological polar surface area (TPSA) is 51.2 Å². The van der Waals surface area contributed by atoms with Gasteiger partial charge >= 0.3 is 0 Å². The molecule has 4 nitrogen and oxygen atoms in total. The summed E-state index contributed by atoms with van der Waals surface area (Å²) in [5, 5.41) is 3.01. The highest BCUT2D eigenvalue weighted by atomic mass is 79.9. The van der Waals surface area contributed by atoms with Gasteiger partial charge in [0, 0.05) is 16.9 Å². The number of carbonyl (C=O) groups excluding carboxylic acids is 1. The first-order valence-electron chi connectivity index (χ1n) is 8.94. The third kappa shape index (κ3) is 4.26. The number of hydrogen-bond donors (Lipinski definition) is 1. The minimum Gasteiger partial charge on any atom is -0.492 e. The number of pyridine rings is 1. The van der Waals surface area contributed by atoms with Crippen molar-refractivity contribution >= 4 is 21.8 Å². The quantitative estimate of drug-likeness (QED) is 0.711. The number of halogens is 1. The molecule has 26 heavy (non-hydrogen) atoms. The molecule has 2 aromatic rings. The molecule has 1 fully saturated rings. The SMILES string of the molecule is CC(C)(C)c1cccc(OCCNC(=O)C2(c3cncc(Br)c3)CC2)c1. The van der Waals surface area contributed by atoms with Crippen molar-refractivity contribution in [1.29, 1.82) is 0 Å². The molecular formula is C21H25BrN2O2. The van der Waals surface area contributed by atoms with Gasteiger partial charge in [0.1, 0.15) is 12.4 Å². The van der Waals surface area contributed by atoms with Crippen molar-refractivity contribution in [2.75, 3.05) is 13.2 Å². The van der Waals surface area contributed by atoms with Crippen LogP contribution < -0.4 is 10.1 Å². The van der Waals surface area contributed by atoms with Crippen LogP contribution in [0.3, 0.4) is 0 Å². The Balaban J connectivity index is 1.52. The van der Waals surface area contributed by atoms with E-state index in [4.69, 9.17) is 4.74 Å². The van der Waals surface area contributed by atoms with E-state index >= 15 is 0 Å². The van der Waals surface area contributed by atoms with Gasteiger partial charge in [-0.15, -0.1) is 0 Å². The summed E-state index contributed by atoms with van der Waals surface area (Å²) >= 11 is 3.43. The van der Waals surface area contributed by atoms with E-state index < -0.39 is 5.41 Å². The van der Waals surface area contributed by atoms with E-state index in [-0.39, 0.29) is 11.3 Å². The summed E-state index contributed by atoms with van der Waals surface area (Å²) in [7, 11) is 0. The third-order valence-electron chi connectivity index (χ3n) is 4.80. The molecule has 1 aliphatic carbocycles. The van der Waals surface area contributed by atoms with E-state index in [0.717, 1.165) is 28.6 Å². The Morgan fingerprint density at radius 3 is 2.69 bits per heavy atom. The molecule has 1 N–H and O–H groups in total. The van der Waals surface area contributed by atoms with Crippen molar-refractivity contribution < 1.29 is 9.53 Å². The van der Waals surface area contributed by atoms with Gasteiger partial charge in [0.25, 0.3) is 0 Å². The maximum absolute atomic E-state index is 12.6. The lowest BCUT2D eigenvalue weighted by Crippen LogP contribution is -2.37. The number of hydrogen-bond acceptors (Lipinski definition) is 3. The average Bonchev–Trinajstić information content (AvgIpc) is 3.40. The number of carbonyl (C=O) groups is 1. The molecule has 0 aliphatic heterocycles. The van der Waals surface area contributed by atoms with E-state index in [1.165, 1.54) is 5.56 Å². The minimum atomic E-state index is -0.414. The molecule has 0 atom stereocenters. The largest absolute Gasteiger partial charge is 0.492 e. The van der Waals surface area contributed by atoms with Gasteiger partial charge in [0.2, 0.25) is 5.91 Å². The number of ether oxygens (including phenoxy) is 1. The summed E-state index contributed by atoms with van der Waals surface area (Å²) in [5.74, 6) is 0.897. The zero-order valence-corrected chi connectivity index (χ0v) is 17.1. The van der Waals surface area contributed by atoms with E-state index in [1.807, 2.05) is 18.2 Å². The summed E-state index contributed by atoms with van der Waals surface area (Å²) in [4.78, 5) is 16.8. The van der Waals surface area contributed by atoms with Crippen molar-refractivity contribution in [3.05, 3.63) is 58.3 Å². The van der Waals surface area contributed by atoms with Crippen LogP contribution in [0.2, 0.25) is 0 Å². The number of benzene rings is 1. The highest BCUT2D eigenvalue weighted by molar-refractivity contribution is 9.10. The van der Waals surface area contributed by atoms with Crippen LogP contribution in [-0.4, -0.2) is 24.0 Å². The monoisotopic (exact) mass is 416 g/mol. The number of aromatic nitrogens is 1. The Bertz CT molecular complexity index is 795. The van der Waals surface area contributed by atoms with Crippen molar-refractivity contribution in [3.63, 3.8) is 0 Å². The molecule has 1 heterocycles. The molecule has 138 valence electrons. The predicted octanol–water partition coefficient (Wildman–Crippen LogP) is 4.37. The van der Waals surface area contributed by atoms with Crippen LogP contribution in [0, 0.1) is 0 Å². The second kappa shape index (κ2) is 7.39. The van der Waals surface area contributed by atoms with E-state index in [2.05, 4.69) is 59.1 Å². The van der Waals surface area contributed by atoms with Crippen molar-refractivity contribution in [2.24, 2.45) is 0 Å². The maximum Gasteiger partial charge on any atom is 0.230 e. The molecular weight excluding hydrogens is 392 g/mol. The highest BCUT2D eigenvalue weighted by Gasteiger charge is 2.51. The molecule has 0 saturated heterocycles. The molecule has 0 radical (unpaired) electrons. The van der Waals surface area contributed by atoms with Crippen molar-refractivity contribution in [3.8, 4) is 5.75 Å². The molecule has 0 bridgehead atoms. The fourth-order valence-electron chi connectivity index (χ4n) is 3.00. The predicted molar refractivity (Wildman–Crippen MR) is 106 cm³/mol. The lowest BCUT2D eigenvalue weighted by molar-refractivity contribution is -0.123. The lowest BCUT2D eigenvalue weighted by atomic mass is 9.87. The van der Waals surface area contributed by atoms with E-state index in [0.29, 0.717) is 13.2 Å². The van der Waals surface area contributed by atoms with Crippen LogP contribution in [0.5, 0.6) is 5.75 Å². The van der Waals surface area contributed by atoms with Crippen LogP contribution in [0.1, 0.15) is 44.7 Å². The first-order chi connectivity index (χ1) is 12.3. The Morgan fingerprint density at radius 1 is 1.27 bits per heavy atom. The Kier molecular flexibility index (Phi) is 5.37. The Morgan fingerprint density at radius 2 is 2.04 bits per heavy atom. The van der Waals surface area contributed by atoms with Crippen LogP contribution in [0.25, 0.3) is 0 Å². The average molecular weight is 417 g/mol. The van der Waals surface area contributed by atoms with Crippen LogP contribution in [-0.2, 0) is 15.6 Å². The van der Waals surface area contributed by atoms with Crippen molar-refractivity contribution in [2.45, 2.75) is 44.4 Å². The van der Waals surface area contributed by atoms with Crippen molar-refractivity contribution in [1.82, 2.24) is 10.3 Å². The second-order valence-corrected chi connectivity index (χ2v) is 8.77. The van der Waals surface area contributed by atoms with Gasteiger partial charge in [-0.3, -0.25) is 9.78 Å². The second-order valence-electron chi connectivity index (χ2n) is 7.86. The molecule has 0 unspecified atom stereocenters. The van der Waals surface area contributed by atoms with Crippen LogP contribution in [0.15, 0.2) is 47.2 Å². The number of amides is 1. The molecule has 1 amide bonds. The van der Waals surface area contributed by atoms with Gasteiger partial charge < -0.3 is 10.1 Å². The standard InChI is InChI=1S/C21H25BrN2O2/c1-20(2,3)15-5-4-6-18(12-15)26-10-9-24-19(25)21(7-8-21)16-11-17(22)14-23-13-16/h4-6,11-14H,7-10H2,1-3H3,(H,24,25). The molecule has 1 aromatic carbocycles. The fraction of sp³-hybridized carbons (Fsp3) is 0.429. The first kappa shape index (κ1) is 18.9. The van der Waals surface area contributed by atoms with Gasteiger partial charge in [-0.25, -0.2) is 0 Å². The molecule has 0 spiro atoms. The van der Waals surface area contributed by atoms with Gasteiger partial charge in [0.15, 0.2) is 0 Å². The third-order valence-corrected chi connectivity index (χ3v) is 5.23. The lowest BCUT2D eigenvalue weighted by Gasteiger charge is -2.20. The first-order valence-corrected chi connectivity index (χ1v) is 9.73. The Hall–Kier alpha value is -1.88. The van der Waals surface area contributed by atoms with Crippen LogP contribution in [0.4, 0.5) is 0 Å². The van der Waals surface area contributed by atoms with E-state index in [1.54, 1.807) is 12.4 Å². The van der Waals surface area contributed by atoms with E-state index in [9.17, 15) is 4.79 Å². The zero-order valence-electron chi connectivity index (χ0n) is 15.5. The zero-order chi connectivity index (χ0) is 18.8. The van der Waals surface area contributed by atoms with Gasteiger partial charge in [0.05, 0.1) is 12.0 Å². The smallest absolute Gasteiger partial charge is 0.230 e. The van der Waals surface area contributed by atoms with Gasteiger partial charge in [-0.05, 0) is 63.5 Å². The van der Waals surface area contributed by atoms with Crippen LogP contribution >= 0.6 is 15.9 Å². The summed E-state index contributed by atoms with van der Waals surface area (Å²) in [6.45, 7) is 7.47.